The lowest BCUT2D eigenvalue weighted by Gasteiger charge is -2.10. The molecule has 0 aliphatic carbocycles. The second kappa shape index (κ2) is 4.78. The largest absolute Gasteiger partial charge is 0.481 e. The topological polar surface area (TPSA) is 39.2 Å². The van der Waals surface area contributed by atoms with Gasteiger partial charge in [-0.1, -0.05) is 24.3 Å². The number of carbonyl (C=O) groups is 1. The lowest BCUT2D eigenvalue weighted by Crippen LogP contribution is -1.95. The minimum atomic E-state index is 0.532. The SMILES string of the molecule is COc1ncc(C=O)cc1-c1ccccc1C. The summed E-state index contributed by atoms with van der Waals surface area (Å²) < 4.78 is 5.23. The molecule has 0 fully saturated rings. The average molecular weight is 227 g/mol. The van der Waals surface area contributed by atoms with Gasteiger partial charge in [0.25, 0.3) is 0 Å². The Hall–Kier alpha value is -2.16. The monoisotopic (exact) mass is 227 g/mol. The predicted molar refractivity (Wildman–Crippen MR) is 66.3 cm³/mol. The second-order valence-corrected chi connectivity index (χ2v) is 3.76. The summed E-state index contributed by atoms with van der Waals surface area (Å²) in [6.45, 7) is 2.02. The summed E-state index contributed by atoms with van der Waals surface area (Å²) in [5.74, 6) is 0.532. The maximum Gasteiger partial charge on any atom is 0.221 e. The van der Waals surface area contributed by atoms with Crippen molar-refractivity contribution in [3.63, 3.8) is 0 Å². The van der Waals surface area contributed by atoms with Crippen LogP contribution in [0.3, 0.4) is 0 Å². The van der Waals surface area contributed by atoms with Crippen LogP contribution in [0.25, 0.3) is 11.1 Å². The highest BCUT2D eigenvalue weighted by molar-refractivity contribution is 5.80. The third-order valence-electron chi connectivity index (χ3n) is 2.64. The molecule has 2 rings (SSSR count). The van der Waals surface area contributed by atoms with Crippen molar-refractivity contribution < 1.29 is 9.53 Å². The van der Waals surface area contributed by atoms with Gasteiger partial charge in [0, 0.05) is 17.3 Å². The second-order valence-electron chi connectivity index (χ2n) is 3.76. The Balaban J connectivity index is 2.64. The molecule has 86 valence electrons. The van der Waals surface area contributed by atoms with Gasteiger partial charge >= 0.3 is 0 Å². The Bertz CT molecular complexity index is 550. The fourth-order valence-electron chi connectivity index (χ4n) is 1.76. The van der Waals surface area contributed by atoms with Crippen LogP contribution < -0.4 is 4.74 Å². The number of aromatic nitrogens is 1. The fourth-order valence-corrected chi connectivity index (χ4v) is 1.76. The molecule has 3 nitrogen and oxygen atoms in total. The van der Waals surface area contributed by atoms with E-state index in [4.69, 9.17) is 4.74 Å². The fraction of sp³-hybridized carbons (Fsp3) is 0.143. The molecule has 0 unspecified atom stereocenters. The first-order valence-corrected chi connectivity index (χ1v) is 5.31. The van der Waals surface area contributed by atoms with Crippen LogP contribution in [-0.2, 0) is 0 Å². The number of aryl methyl sites for hydroxylation is 1. The van der Waals surface area contributed by atoms with Gasteiger partial charge < -0.3 is 4.74 Å². The molecule has 0 amide bonds. The Morgan fingerprint density at radius 3 is 2.65 bits per heavy atom. The molecule has 1 aromatic carbocycles. The third kappa shape index (κ3) is 2.18. The summed E-state index contributed by atoms with van der Waals surface area (Å²) in [7, 11) is 1.57. The zero-order valence-electron chi connectivity index (χ0n) is 9.81. The lowest BCUT2D eigenvalue weighted by atomic mass is 10.0. The maximum absolute atomic E-state index is 10.8. The number of nitrogens with zero attached hydrogens (tertiary/aromatic N) is 1. The van der Waals surface area contributed by atoms with E-state index in [0.29, 0.717) is 11.4 Å². The maximum atomic E-state index is 10.8. The lowest BCUT2D eigenvalue weighted by molar-refractivity contribution is 0.112. The van der Waals surface area contributed by atoms with Crippen LogP contribution >= 0.6 is 0 Å². The van der Waals surface area contributed by atoms with E-state index < -0.39 is 0 Å². The van der Waals surface area contributed by atoms with Crippen LogP contribution in [0.5, 0.6) is 5.88 Å². The molecule has 0 radical (unpaired) electrons. The van der Waals surface area contributed by atoms with E-state index in [1.807, 2.05) is 31.2 Å². The molecule has 0 bridgehead atoms. The Kier molecular flexibility index (Phi) is 3.19. The summed E-state index contributed by atoms with van der Waals surface area (Å²) in [5.41, 5.74) is 3.54. The van der Waals surface area contributed by atoms with Crippen molar-refractivity contribution in [2.75, 3.05) is 7.11 Å². The molecule has 3 heteroatoms. The van der Waals surface area contributed by atoms with Crippen molar-refractivity contribution in [2.45, 2.75) is 6.92 Å². The van der Waals surface area contributed by atoms with Gasteiger partial charge in [-0.15, -0.1) is 0 Å². The van der Waals surface area contributed by atoms with Gasteiger partial charge in [0.15, 0.2) is 6.29 Å². The van der Waals surface area contributed by atoms with E-state index in [1.165, 1.54) is 6.20 Å². The smallest absolute Gasteiger partial charge is 0.221 e. The number of ether oxygens (including phenoxy) is 1. The van der Waals surface area contributed by atoms with Gasteiger partial charge in [-0.05, 0) is 24.1 Å². The van der Waals surface area contributed by atoms with Crippen molar-refractivity contribution in [1.82, 2.24) is 4.98 Å². The van der Waals surface area contributed by atoms with Gasteiger partial charge in [0.2, 0.25) is 5.88 Å². The molecule has 0 spiro atoms. The summed E-state index contributed by atoms with van der Waals surface area (Å²) in [4.78, 5) is 14.9. The Morgan fingerprint density at radius 2 is 2.00 bits per heavy atom. The minimum absolute atomic E-state index is 0.532. The number of benzene rings is 1. The normalized spacial score (nSPS) is 10.0. The van der Waals surface area contributed by atoms with Crippen LogP contribution in [0.1, 0.15) is 15.9 Å². The number of pyridine rings is 1. The molecule has 0 aliphatic rings. The standard InChI is InChI=1S/C14H13NO2/c1-10-5-3-4-6-12(10)13-7-11(9-16)8-15-14(13)17-2/h3-9H,1-2H3. The molecule has 0 atom stereocenters. The summed E-state index contributed by atoms with van der Waals surface area (Å²) >= 11 is 0. The number of hydrogen-bond donors (Lipinski definition) is 0. The van der Waals surface area contributed by atoms with Crippen molar-refractivity contribution >= 4 is 6.29 Å². The summed E-state index contributed by atoms with van der Waals surface area (Å²) in [6, 6.07) is 9.73. The molecule has 2 aromatic rings. The van der Waals surface area contributed by atoms with Gasteiger partial charge in [0.05, 0.1) is 7.11 Å². The van der Waals surface area contributed by atoms with Crippen LogP contribution in [-0.4, -0.2) is 18.4 Å². The molecular weight excluding hydrogens is 214 g/mol. The first-order valence-electron chi connectivity index (χ1n) is 5.31. The minimum Gasteiger partial charge on any atom is -0.481 e. The summed E-state index contributed by atoms with van der Waals surface area (Å²) in [6.07, 6.45) is 2.29. The van der Waals surface area contributed by atoms with Crippen molar-refractivity contribution in [3.05, 3.63) is 47.7 Å². The predicted octanol–water partition coefficient (Wildman–Crippen LogP) is 2.88. The van der Waals surface area contributed by atoms with Crippen molar-refractivity contribution in [3.8, 4) is 17.0 Å². The number of hydrogen-bond acceptors (Lipinski definition) is 3. The number of aldehydes is 1. The summed E-state index contributed by atoms with van der Waals surface area (Å²) in [5, 5.41) is 0. The molecule has 0 aliphatic heterocycles. The zero-order chi connectivity index (χ0) is 12.3. The molecular formula is C14H13NO2. The van der Waals surface area contributed by atoms with E-state index in [9.17, 15) is 4.79 Å². The molecule has 17 heavy (non-hydrogen) atoms. The molecule has 0 saturated carbocycles. The highest BCUT2D eigenvalue weighted by atomic mass is 16.5. The molecule has 1 heterocycles. The van der Waals surface area contributed by atoms with E-state index in [0.717, 1.165) is 23.0 Å². The number of carbonyl (C=O) groups excluding carboxylic acids is 1. The van der Waals surface area contributed by atoms with Gasteiger partial charge in [0.1, 0.15) is 0 Å². The molecule has 1 aromatic heterocycles. The van der Waals surface area contributed by atoms with E-state index in [2.05, 4.69) is 4.98 Å². The Labute approximate surface area is 100 Å². The van der Waals surface area contributed by atoms with Crippen LogP contribution in [0.2, 0.25) is 0 Å². The number of rotatable bonds is 3. The molecule has 0 saturated heterocycles. The average Bonchev–Trinajstić information content (AvgIpc) is 2.38. The van der Waals surface area contributed by atoms with Crippen LogP contribution in [0.15, 0.2) is 36.5 Å². The Morgan fingerprint density at radius 1 is 1.24 bits per heavy atom. The quantitative estimate of drug-likeness (QED) is 0.757. The highest BCUT2D eigenvalue weighted by Gasteiger charge is 2.10. The van der Waals surface area contributed by atoms with Gasteiger partial charge in [-0.25, -0.2) is 4.98 Å². The van der Waals surface area contributed by atoms with Crippen molar-refractivity contribution in [1.29, 1.82) is 0 Å². The highest BCUT2D eigenvalue weighted by Crippen LogP contribution is 2.30. The third-order valence-corrected chi connectivity index (χ3v) is 2.64. The van der Waals surface area contributed by atoms with Crippen molar-refractivity contribution in [2.24, 2.45) is 0 Å². The van der Waals surface area contributed by atoms with E-state index >= 15 is 0 Å². The van der Waals surface area contributed by atoms with Crippen LogP contribution in [0.4, 0.5) is 0 Å². The number of methoxy groups -OCH3 is 1. The van der Waals surface area contributed by atoms with E-state index in [1.54, 1.807) is 13.2 Å². The van der Waals surface area contributed by atoms with Gasteiger partial charge in [-0.3, -0.25) is 4.79 Å². The first kappa shape index (κ1) is 11.3. The zero-order valence-corrected chi connectivity index (χ0v) is 9.81. The van der Waals surface area contributed by atoms with E-state index in [-0.39, 0.29) is 0 Å². The van der Waals surface area contributed by atoms with Gasteiger partial charge in [-0.2, -0.15) is 0 Å². The van der Waals surface area contributed by atoms with Crippen LogP contribution in [0, 0.1) is 6.92 Å². The first-order chi connectivity index (χ1) is 8.26. The molecule has 0 N–H and O–H groups in total.